The van der Waals surface area contributed by atoms with Gasteiger partial charge in [-0.15, -0.1) is 12.4 Å². The highest BCUT2D eigenvalue weighted by Gasteiger charge is 2.33. The van der Waals surface area contributed by atoms with Gasteiger partial charge in [0.05, 0.1) is 22.7 Å². The second-order valence-corrected chi connectivity index (χ2v) is 6.33. The second-order valence-electron chi connectivity index (χ2n) is 5.92. The van der Waals surface area contributed by atoms with Gasteiger partial charge >= 0.3 is 5.97 Å². The Morgan fingerprint density at radius 1 is 1.39 bits per heavy atom. The highest BCUT2D eigenvalue weighted by atomic mass is 35.5. The van der Waals surface area contributed by atoms with Crippen LogP contribution in [0.4, 0.5) is 5.69 Å². The van der Waals surface area contributed by atoms with E-state index in [1.807, 2.05) is 30.9 Å². The van der Waals surface area contributed by atoms with E-state index in [1.54, 1.807) is 6.92 Å². The van der Waals surface area contributed by atoms with Gasteiger partial charge < -0.3 is 10.4 Å². The fourth-order valence-corrected chi connectivity index (χ4v) is 3.18. The maximum atomic E-state index is 12.4. The van der Waals surface area contributed by atoms with E-state index in [4.69, 9.17) is 16.7 Å². The number of nitrogens with one attached hydrogen (secondary N) is 1. The summed E-state index contributed by atoms with van der Waals surface area (Å²) in [4.78, 5) is 25.3. The molecule has 1 heterocycles. The number of carboxylic acids is 1. The van der Waals surface area contributed by atoms with Crippen LogP contribution in [0.5, 0.6) is 0 Å². The number of halogens is 2. The molecule has 0 spiro atoms. The average molecular weight is 361 g/mol. The Morgan fingerprint density at radius 3 is 2.57 bits per heavy atom. The van der Waals surface area contributed by atoms with Gasteiger partial charge in [0, 0.05) is 6.54 Å². The molecule has 5 nitrogen and oxygen atoms in total. The first-order valence-corrected chi connectivity index (χ1v) is 7.72. The molecular formula is C16H22Cl2N2O3. The number of hydrogen-bond donors (Lipinski definition) is 2. The van der Waals surface area contributed by atoms with Crippen LogP contribution in [0.1, 0.15) is 24.5 Å². The number of anilines is 1. The molecule has 1 aliphatic rings. The van der Waals surface area contributed by atoms with E-state index in [9.17, 15) is 9.59 Å². The molecule has 0 bridgehead atoms. The molecule has 128 valence electrons. The maximum Gasteiger partial charge on any atom is 0.307 e. The second kappa shape index (κ2) is 7.99. The number of amides is 1. The number of carbonyl (C=O) groups excluding carboxylic acids is 1. The van der Waals surface area contributed by atoms with Gasteiger partial charge in [-0.25, -0.2) is 0 Å². The molecule has 1 aliphatic heterocycles. The lowest BCUT2D eigenvalue weighted by atomic mass is 10.1. The summed E-state index contributed by atoms with van der Waals surface area (Å²) in [7, 11) is 0. The molecule has 1 fully saturated rings. The standard InChI is InChI=1S/C16H21ClN2O3.ClH/c1-9-6-10(2)14(13(17)7-9)18-15(20)11(3)19-5-4-12(8-19)16(21)22;/h6-7,11-12H,4-5,8H2,1-3H3,(H,18,20)(H,21,22);1H. The van der Waals surface area contributed by atoms with Crippen molar-refractivity contribution in [3.63, 3.8) is 0 Å². The van der Waals surface area contributed by atoms with Gasteiger partial charge in [0.1, 0.15) is 0 Å². The van der Waals surface area contributed by atoms with Gasteiger partial charge in [-0.2, -0.15) is 0 Å². The third kappa shape index (κ3) is 4.59. The quantitative estimate of drug-likeness (QED) is 0.865. The maximum absolute atomic E-state index is 12.4. The summed E-state index contributed by atoms with van der Waals surface area (Å²) in [6.45, 7) is 6.66. The van der Waals surface area contributed by atoms with Crippen molar-refractivity contribution in [3.05, 3.63) is 28.3 Å². The molecule has 2 unspecified atom stereocenters. The highest BCUT2D eigenvalue weighted by Crippen LogP contribution is 2.28. The van der Waals surface area contributed by atoms with E-state index in [1.165, 1.54) is 0 Å². The van der Waals surface area contributed by atoms with Crippen molar-refractivity contribution >= 4 is 41.6 Å². The Morgan fingerprint density at radius 2 is 2.04 bits per heavy atom. The first-order valence-electron chi connectivity index (χ1n) is 7.34. The summed E-state index contributed by atoms with van der Waals surface area (Å²) >= 11 is 6.20. The van der Waals surface area contributed by atoms with Crippen molar-refractivity contribution in [1.29, 1.82) is 0 Å². The molecular weight excluding hydrogens is 339 g/mol. The van der Waals surface area contributed by atoms with Crippen LogP contribution in [-0.4, -0.2) is 41.0 Å². The van der Waals surface area contributed by atoms with Crippen LogP contribution in [0.25, 0.3) is 0 Å². The number of carbonyl (C=O) groups is 2. The van der Waals surface area contributed by atoms with Crippen molar-refractivity contribution in [3.8, 4) is 0 Å². The minimum absolute atomic E-state index is 0. The number of aliphatic carboxylic acids is 1. The van der Waals surface area contributed by atoms with Crippen molar-refractivity contribution in [2.45, 2.75) is 33.2 Å². The number of likely N-dealkylation sites (tertiary alicyclic amines) is 1. The number of nitrogens with zero attached hydrogens (tertiary/aromatic N) is 1. The predicted molar refractivity (Wildman–Crippen MR) is 93.6 cm³/mol. The molecule has 1 saturated heterocycles. The summed E-state index contributed by atoms with van der Waals surface area (Å²) in [5.74, 6) is -1.35. The molecule has 2 N–H and O–H groups in total. The van der Waals surface area contributed by atoms with Crippen LogP contribution < -0.4 is 5.32 Å². The molecule has 2 atom stereocenters. The first-order chi connectivity index (χ1) is 10.3. The number of aryl methyl sites for hydroxylation is 2. The summed E-state index contributed by atoms with van der Waals surface area (Å²) in [6.07, 6.45) is 0.581. The number of hydrogen-bond acceptors (Lipinski definition) is 3. The third-order valence-corrected chi connectivity index (χ3v) is 4.47. The Labute approximate surface area is 147 Å². The van der Waals surface area contributed by atoms with Gasteiger partial charge in [-0.3, -0.25) is 14.5 Å². The predicted octanol–water partition coefficient (Wildman–Crippen LogP) is 3.11. The number of rotatable bonds is 4. The zero-order valence-electron chi connectivity index (χ0n) is 13.4. The van der Waals surface area contributed by atoms with E-state index in [-0.39, 0.29) is 30.3 Å². The van der Waals surface area contributed by atoms with Crippen LogP contribution in [-0.2, 0) is 9.59 Å². The molecule has 0 aromatic heterocycles. The summed E-state index contributed by atoms with van der Waals surface area (Å²) in [5, 5.41) is 12.4. The summed E-state index contributed by atoms with van der Waals surface area (Å²) in [6, 6.07) is 3.38. The third-order valence-electron chi connectivity index (χ3n) is 4.18. The Balaban J connectivity index is 0.00000264. The van der Waals surface area contributed by atoms with Gasteiger partial charge in [-0.05, 0) is 50.9 Å². The molecule has 0 radical (unpaired) electrons. The molecule has 2 rings (SSSR count). The average Bonchev–Trinajstić information content (AvgIpc) is 2.91. The van der Waals surface area contributed by atoms with Crippen molar-refractivity contribution in [2.24, 2.45) is 5.92 Å². The van der Waals surface area contributed by atoms with E-state index < -0.39 is 5.97 Å². The lowest BCUT2D eigenvalue weighted by Crippen LogP contribution is -2.41. The molecule has 0 aliphatic carbocycles. The monoisotopic (exact) mass is 360 g/mol. The van der Waals surface area contributed by atoms with E-state index in [0.29, 0.717) is 30.2 Å². The van der Waals surface area contributed by atoms with Gasteiger partial charge in [-0.1, -0.05) is 17.7 Å². The zero-order valence-corrected chi connectivity index (χ0v) is 15.0. The van der Waals surface area contributed by atoms with E-state index in [2.05, 4.69) is 5.32 Å². The normalized spacial score (nSPS) is 19.0. The minimum Gasteiger partial charge on any atom is -0.481 e. The topological polar surface area (TPSA) is 69.6 Å². The summed E-state index contributed by atoms with van der Waals surface area (Å²) in [5.41, 5.74) is 2.57. The zero-order chi connectivity index (χ0) is 16.4. The van der Waals surface area contributed by atoms with Crippen LogP contribution in [0.15, 0.2) is 12.1 Å². The lowest BCUT2D eigenvalue weighted by molar-refractivity contribution is -0.141. The van der Waals surface area contributed by atoms with Crippen LogP contribution in [0.2, 0.25) is 5.02 Å². The number of carboxylic acid groups (broad SMARTS) is 1. The molecule has 7 heteroatoms. The molecule has 1 amide bonds. The molecule has 1 aromatic carbocycles. The van der Waals surface area contributed by atoms with E-state index >= 15 is 0 Å². The fraction of sp³-hybridized carbons (Fsp3) is 0.500. The van der Waals surface area contributed by atoms with Crippen LogP contribution in [0, 0.1) is 19.8 Å². The SMILES string of the molecule is Cc1cc(C)c(NC(=O)C(C)N2CCC(C(=O)O)C2)c(Cl)c1.Cl. The Kier molecular flexibility index (Phi) is 6.86. The first kappa shape index (κ1) is 19.7. The van der Waals surface area contributed by atoms with Gasteiger partial charge in [0.25, 0.3) is 0 Å². The lowest BCUT2D eigenvalue weighted by Gasteiger charge is -2.24. The van der Waals surface area contributed by atoms with Crippen LogP contribution >= 0.6 is 24.0 Å². The Bertz CT molecular complexity index is 584. The van der Waals surface area contributed by atoms with Gasteiger partial charge in [0.2, 0.25) is 5.91 Å². The molecule has 1 aromatic rings. The van der Waals surface area contributed by atoms with Gasteiger partial charge in [0.15, 0.2) is 0 Å². The van der Waals surface area contributed by atoms with Crippen molar-refractivity contribution < 1.29 is 14.7 Å². The minimum atomic E-state index is -0.799. The number of benzene rings is 1. The smallest absolute Gasteiger partial charge is 0.307 e. The molecule has 23 heavy (non-hydrogen) atoms. The Hall–Kier alpha value is -1.30. The van der Waals surface area contributed by atoms with Crippen LogP contribution in [0.3, 0.4) is 0 Å². The van der Waals surface area contributed by atoms with Crippen molar-refractivity contribution in [2.75, 3.05) is 18.4 Å². The largest absolute Gasteiger partial charge is 0.481 e. The van der Waals surface area contributed by atoms with Crippen molar-refractivity contribution in [1.82, 2.24) is 4.90 Å². The molecule has 0 saturated carbocycles. The fourth-order valence-electron chi connectivity index (χ4n) is 2.81. The summed E-state index contributed by atoms with van der Waals surface area (Å²) < 4.78 is 0. The van der Waals surface area contributed by atoms with E-state index in [0.717, 1.165) is 11.1 Å². The highest BCUT2D eigenvalue weighted by molar-refractivity contribution is 6.34.